The van der Waals surface area contributed by atoms with Gasteiger partial charge in [-0.05, 0) is 58.2 Å². The van der Waals surface area contributed by atoms with Crippen molar-refractivity contribution in [1.29, 1.82) is 0 Å². The molecule has 0 saturated heterocycles. The fourth-order valence-corrected chi connectivity index (χ4v) is 5.64. The van der Waals surface area contributed by atoms with Crippen LogP contribution in [0, 0.1) is 0 Å². The lowest BCUT2D eigenvalue weighted by Crippen LogP contribution is -2.52. The van der Waals surface area contributed by atoms with E-state index in [2.05, 4.69) is 59.0 Å². The Morgan fingerprint density at radius 2 is 1.54 bits per heavy atom. The van der Waals surface area contributed by atoms with Crippen molar-refractivity contribution < 1.29 is 19.1 Å². The molecule has 0 bridgehead atoms. The second-order valence-electron chi connectivity index (χ2n) is 12.3. The quantitative estimate of drug-likeness (QED) is 0.117. The highest BCUT2D eigenvalue weighted by atomic mass is 16.5. The zero-order valence-corrected chi connectivity index (χ0v) is 28.7. The van der Waals surface area contributed by atoms with E-state index in [4.69, 9.17) is 4.74 Å². The number of aromatic nitrogens is 4. The molecule has 11 nitrogen and oxygen atoms in total. The van der Waals surface area contributed by atoms with Crippen LogP contribution in [-0.4, -0.2) is 62.6 Å². The number of rotatable bonds is 15. The van der Waals surface area contributed by atoms with E-state index in [1.165, 1.54) is 4.90 Å². The number of carbonyl (C=O) groups is 3. The van der Waals surface area contributed by atoms with Gasteiger partial charge in [-0.15, -0.1) is 10.2 Å². The molecule has 0 aliphatic rings. The molecular weight excluding hydrogens is 606 g/mol. The summed E-state index contributed by atoms with van der Waals surface area (Å²) in [5.74, 6) is 0.118. The number of H-pyrrole nitrogens is 1. The zero-order valence-electron chi connectivity index (χ0n) is 28.7. The predicted molar refractivity (Wildman–Crippen MR) is 187 cm³/mol. The van der Waals surface area contributed by atoms with Gasteiger partial charge in [0.2, 0.25) is 11.7 Å². The first kappa shape index (κ1) is 35.8. The summed E-state index contributed by atoms with van der Waals surface area (Å²) in [6, 6.07) is 20.1. The summed E-state index contributed by atoms with van der Waals surface area (Å²) in [4.78, 5) is 41.9. The number of para-hydroxylation sites is 1. The molecule has 0 spiro atoms. The number of aromatic amines is 1. The molecule has 0 aliphatic heterocycles. The van der Waals surface area contributed by atoms with E-state index in [-0.39, 0.29) is 43.9 Å². The summed E-state index contributed by atoms with van der Waals surface area (Å²) in [5, 5.41) is 20.4. The Hall–Kier alpha value is -5.06. The molecule has 1 heterocycles. The number of nitrogens with one attached hydrogen (secondary N) is 3. The van der Waals surface area contributed by atoms with Gasteiger partial charge in [0.25, 0.3) is 0 Å². The number of carbonyl (C=O) groups excluding carboxylic acids is 3. The topological polar surface area (TPSA) is 142 Å². The van der Waals surface area contributed by atoms with Gasteiger partial charge in [0, 0.05) is 24.2 Å². The Kier molecular flexibility index (Phi) is 12.8. The van der Waals surface area contributed by atoms with Crippen molar-refractivity contribution in [3.63, 3.8) is 0 Å². The summed E-state index contributed by atoms with van der Waals surface area (Å²) in [6.45, 7) is 12.3. The van der Waals surface area contributed by atoms with Crippen LogP contribution in [0.1, 0.15) is 89.3 Å². The van der Waals surface area contributed by atoms with E-state index < -0.39 is 18.0 Å². The van der Waals surface area contributed by atoms with Crippen LogP contribution in [0.2, 0.25) is 0 Å². The summed E-state index contributed by atoms with van der Waals surface area (Å²) >= 11 is 0. The average molecular weight is 654 g/mol. The fraction of sp³-hybridized carbons (Fsp3) is 0.405. The van der Waals surface area contributed by atoms with Crippen molar-refractivity contribution in [2.75, 3.05) is 18.5 Å². The Labute approximate surface area is 282 Å². The lowest BCUT2D eigenvalue weighted by molar-refractivity contribution is -0.155. The highest BCUT2D eigenvalue weighted by Crippen LogP contribution is 2.33. The molecule has 1 atom stereocenters. The van der Waals surface area contributed by atoms with Crippen LogP contribution in [0.15, 0.2) is 66.7 Å². The molecule has 0 fully saturated rings. The van der Waals surface area contributed by atoms with Gasteiger partial charge in [0.15, 0.2) is 0 Å². The number of esters is 1. The number of unbranched alkanes of at least 4 members (excludes halogenated alkanes) is 1. The van der Waals surface area contributed by atoms with Gasteiger partial charge in [-0.1, -0.05) is 108 Å². The van der Waals surface area contributed by atoms with Crippen molar-refractivity contribution in [1.82, 2.24) is 30.8 Å². The van der Waals surface area contributed by atoms with E-state index in [1.807, 2.05) is 73.7 Å². The van der Waals surface area contributed by atoms with Crippen LogP contribution in [-0.2, 0) is 20.9 Å². The Morgan fingerprint density at radius 1 is 0.875 bits per heavy atom. The van der Waals surface area contributed by atoms with Gasteiger partial charge < -0.3 is 20.3 Å². The van der Waals surface area contributed by atoms with Gasteiger partial charge in [-0.2, -0.15) is 5.21 Å². The van der Waals surface area contributed by atoms with Gasteiger partial charge in [-0.3, -0.25) is 4.79 Å². The van der Waals surface area contributed by atoms with Crippen LogP contribution in [0.4, 0.5) is 10.5 Å². The molecule has 1 aromatic heterocycles. The third kappa shape index (κ3) is 9.05. The van der Waals surface area contributed by atoms with Crippen LogP contribution in [0.3, 0.4) is 0 Å². The number of urea groups is 1. The number of ether oxygens (including phenoxy) is 1. The standard InChI is InChI=1S/C37H47N7O4/c1-7-9-17-33(45)44(23-26-18-20-27(21-19-26)30-13-10-11-14-31(30)35-40-42-43-41-35)32(36(46)48-8-2)22-38-37(47)39-34-28(24(3)4)15-12-16-29(34)25(5)6/h10-16,18-21,24-25,32H,7-9,17,22-23H2,1-6H3,(H2,38,39,47)(H,40,41,42,43). The number of amides is 3. The molecule has 48 heavy (non-hydrogen) atoms. The highest BCUT2D eigenvalue weighted by Gasteiger charge is 2.31. The molecule has 0 aliphatic carbocycles. The summed E-state index contributed by atoms with van der Waals surface area (Å²) < 4.78 is 5.43. The molecule has 3 N–H and O–H groups in total. The van der Waals surface area contributed by atoms with Gasteiger partial charge >= 0.3 is 12.0 Å². The zero-order chi connectivity index (χ0) is 34.6. The van der Waals surface area contributed by atoms with E-state index in [0.29, 0.717) is 12.2 Å². The summed E-state index contributed by atoms with van der Waals surface area (Å²) in [5.41, 5.74) is 6.34. The molecule has 1 unspecified atom stereocenters. The molecule has 3 amide bonds. The molecule has 4 aromatic rings. The first-order valence-electron chi connectivity index (χ1n) is 16.7. The Bertz CT molecular complexity index is 1630. The second kappa shape index (κ2) is 17.2. The van der Waals surface area contributed by atoms with Crippen molar-refractivity contribution >= 4 is 23.6 Å². The molecule has 0 radical (unpaired) electrons. The number of anilines is 1. The smallest absolute Gasteiger partial charge is 0.330 e. The lowest BCUT2D eigenvalue weighted by Gasteiger charge is -2.31. The number of tetrazole rings is 1. The van der Waals surface area contributed by atoms with Gasteiger partial charge in [-0.25, -0.2) is 9.59 Å². The normalized spacial score (nSPS) is 11.8. The van der Waals surface area contributed by atoms with Crippen molar-refractivity contribution in [2.45, 2.75) is 85.2 Å². The number of benzene rings is 3. The Balaban J connectivity index is 1.58. The third-order valence-corrected chi connectivity index (χ3v) is 8.20. The lowest BCUT2D eigenvalue weighted by atomic mass is 9.93. The van der Waals surface area contributed by atoms with Crippen molar-refractivity contribution in [3.05, 3.63) is 83.4 Å². The second-order valence-corrected chi connectivity index (χ2v) is 12.3. The minimum absolute atomic E-state index is 0.112. The van der Waals surface area contributed by atoms with Gasteiger partial charge in [0.05, 0.1) is 13.2 Å². The van der Waals surface area contributed by atoms with E-state index in [1.54, 1.807) is 6.92 Å². The largest absolute Gasteiger partial charge is 0.464 e. The Morgan fingerprint density at radius 3 is 2.12 bits per heavy atom. The molecular formula is C37H47N7O4. The summed E-state index contributed by atoms with van der Waals surface area (Å²) in [6.07, 6.45) is 1.77. The molecule has 254 valence electrons. The molecule has 3 aromatic carbocycles. The number of hydrogen-bond donors (Lipinski definition) is 3. The molecule has 0 saturated carbocycles. The van der Waals surface area contributed by atoms with Crippen LogP contribution >= 0.6 is 0 Å². The maximum atomic E-state index is 13.7. The molecule has 4 rings (SSSR count). The maximum absolute atomic E-state index is 13.7. The van der Waals surface area contributed by atoms with Gasteiger partial charge in [0.1, 0.15) is 6.04 Å². The van der Waals surface area contributed by atoms with Crippen molar-refractivity contribution in [3.8, 4) is 22.5 Å². The van der Waals surface area contributed by atoms with Crippen LogP contribution < -0.4 is 10.6 Å². The van der Waals surface area contributed by atoms with E-state index >= 15 is 0 Å². The van der Waals surface area contributed by atoms with Crippen LogP contribution in [0.5, 0.6) is 0 Å². The number of nitrogens with zero attached hydrogens (tertiary/aromatic N) is 4. The van der Waals surface area contributed by atoms with Crippen molar-refractivity contribution in [2.24, 2.45) is 0 Å². The highest BCUT2D eigenvalue weighted by molar-refractivity contribution is 5.92. The predicted octanol–water partition coefficient (Wildman–Crippen LogP) is 7.05. The fourth-order valence-electron chi connectivity index (χ4n) is 5.64. The van der Waals surface area contributed by atoms with Crippen LogP contribution in [0.25, 0.3) is 22.5 Å². The minimum Gasteiger partial charge on any atom is -0.464 e. The first-order chi connectivity index (χ1) is 23.1. The monoisotopic (exact) mass is 653 g/mol. The average Bonchev–Trinajstić information content (AvgIpc) is 3.62. The van der Waals surface area contributed by atoms with E-state index in [0.717, 1.165) is 45.5 Å². The SMILES string of the molecule is CCCCC(=O)N(Cc1ccc(-c2ccccc2-c2nn[nH]n2)cc1)C(CNC(=O)Nc1c(C(C)C)cccc1C(C)C)C(=O)OCC. The first-order valence-corrected chi connectivity index (χ1v) is 16.7. The minimum atomic E-state index is -1.02. The maximum Gasteiger partial charge on any atom is 0.330 e. The molecule has 11 heteroatoms. The number of hydrogen-bond acceptors (Lipinski definition) is 7. The third-order valence-electron chi connectivity index (χ3n) is 8.20. The van der Waals surface area contributed by atoms with E-state index in [9.17, 15) is 14.4 Å². The summed E-state index contributed by atoms with van der Waals surface area (Å²) in [7, 11) is 0.